The SMILES string of the molecule is COc1c(C)nc(C)c(OC(C)C)c1-c1ccc(-c2ccccc2)c(-c2nn[nH]n2)c1. The highest BCUT2D eigenvalue weighted by Gasteiger charge is 2.22. The van der Waals surface area contributed by atoms with Crippen LogP contribution in [0.4, 0.5) is 0 Å². The number of methoxy groups -OCH3 is 1. The van der Waals surface area contributed by atoms with Crippen molar-refractivity contribution in [1.82, 2.24) is 25.6 Å². The van der Waals surface area contributed by atoms with Gasteiger partial charge in [-0.25, -0.2) is 0 Å². The molecule has 0 aliphatic rings. The second-order valence-electron chi connectivity index (χ2n) is 7.55. The van der Waals surface area contributed by atoms with Gasteiger partial charge in [0.1, 0.15) is 0 Å². The minimum absolute atomic E-state index is 0.00747. The first-order valence-corrected chi connectivity index (χ1v) is 10.1. The van der Waals surface area contributed by atoms with Gasteiger partial charge in [-0.2, -0.15) is 5.21 Å². The smallest absolute Gasteiger partial charge is 0.205 e. The molecule has 0 saturated carbocycles. The molecule has 2 heterocycles. The number of aromatic amines is 1. The highest BCUT2D eigenvalue weighted by atomic mass is 16.5. The molecule has 0 unspecified atom stereocenters. The molecule has 0 aliphatic heterocycles. The zero-order chi connectivity index (χ0) is 22.0. The number of hydrogen-bond acceptors (Lipinski definition) is 6. The second-order valence-corrected chi connectivity index (χ2v) is 7.55. The van der Waals surface area contributed by atoms with Crippen LogP contribution in [-0.2, 0) is 0 Å². The van der Waals surface area contributed by atoms with E-state index in [1.807, 2.05) is 45.9 Å². The fourth-order valence-corrected chi connectivity index (χ4v) is 3.74. The molecule has 7 heteroatoms. The van der Waals surface area contributed by atoms with E-state index in [4.69, 9.17) is 9.47 Å². The van der Waals surface area contributed by atoms with Crippen LogP contribution < -0.4 is 9.47 Å². The fourth-order valence-electron chi connectivity index (χ4n) is 3.74. The van der Waals surface area contributed by atoms with Crippen LogP contribution in [0.15, 0.2) is 48.5 Å². The summed E-state index contributed by atoms with van der Waals surface area (Å²) >= 11 is 0. The topological polar surface area (TPSA) is 85.8 Å². The number of tetrazole rings is 1. The van der Waals surface area contributed by atoms with Gasteiger partial charge < -0.3 is 9.47 Å². The molecule has 2 aromatic carbocycles. The van der Waals surface area contributed by atoms with E-state index in [-0.39, 0.29) is 6.10 Å². The maximum Gasteiger partial charge on any atom is 0.205 e. The Balaban J connectivity index is 1.99. The predicted octanol–water partition coefficient (Wildman–Crippen LogP) is 5.01. The zero-order valence-electron chi connectivity index (χ0n) is 18.3. The third-order valence-corrected chi connectivity index (χ3v) is 4.98. The number of rotatable bonds is 6. The van der Waals surface area contributed by atoms with Gasteiger partial charge in [0.25, 0.3) is 0 Å². The monoisotopic (exact) mass is 415 g/mol. The van der Waals surface area contributed by atoms with Crippen molar-refractivity contribution < 1.29 is 9.47 Å². The number of H-pyrrole nitrogens is 1. The van der Waals surface area contributed by atoms with Crippen molar-refractivity contribution >= 4 is 0 Å². The van der Waals surface area contributed by atoms with Gasteiger partial charge in [-0.3, -0.25) is 4.98 Å². The normalized spacial score (nSPS) is 11.0. The Labute approximate surface area is 181 Å². The summed E-state index contributed by atoms with van der Waals surface area (Å²) in [6.45, 7) is 7.89. The first-order valence-electron chi connectivity index (χ1n) is 10.1. The summed E-state index contributed by atoms with van der Waals surface area (Å²) in [5, 5.41) is 14.8. The average molecular weight is 415 g/mol. The molecule has 4 aromatic rings. The molecule has 0 amide bonds. The number of aromatic nitrogens is 5. The van der Waals surface area contributed by atoms with Crippen molar-refractivity contribution in [1.29, 1.82) is 0 Å². The highest BCUT2D eigenvalue weighted by Crippen LogP contribution is 2.44. The van der Waals surface area contributed by atoms with Crippen molar-refractivity contribution in [2.75, 3.05) is 7.11 Å². The minimum Gasteiger partial charge on any atom is -0.494 e. The van der Waals surface area contributed by atoms with Gasteiger partial charge in [-0.15, -0.1) is 10.2 Å². The van der Waals surface area contributed by atoms with Gasteiger partial charge in [0, 0.05) is 5.56 Å². The number of nitrogens with zero attached hydrogens (tertiary/aromatic N) is 4. The van der Waals surface area contributed by atoms with Crippen LogP contribution in [0.2, 0.25) is 0 Å². The molecule has 4 rings (SSSR count). The molecular weight excluding hydrogens is 390 g/mol. The van der Waals surface area contributed by atoms with E-state index < -0.39 is 0 Å². The van der Waals surface area contributed by atoms with E-state index in [1.165, 1.54) is 0 Å². The van der Waals surface area contributed by atoms with E-state index in [1.54, 1.807) is 7.11 Å². The molecule has 0 fully saturated rings. The van der Waals surface area contributed by atoms with E-state index in [9.17, 15) is 0 Å². The molecule has 1 N–H and O–H groups in total. The highest BCUT2D eigenvalue weighted by molar-refractivity contribution is 5.87. The van der Waals surface area contributed by atoms with Crippen molar-refractivity contribution in [3.63, 3.8) is 0 Å². The molecule has 158 valence electrons. The van der Waals surface area contributed by atoms with Crippen molar-refractivity contribution in [2.45, 2.75) is 33.8 Å². The summed E-state index contributed by atoms with van der Waals surface area (Å²) in [5.41, 5.74) is 6.36. The van der Waals surface area contributed by atoms with Crippen molar-refractivity contribution in [3.8, 4) is 45.1 Å². The molecule has 7 nitrogen and oxygen atoms in total. The maximum atomic E-state index is 6.18. The Morgan fingerprint density at radius 1 is 0.871 bits per heavy atom. The molecule has 0 radical (unpaired) electrons. The van der Waals surface area contributed by atoms with Crippen LogP contribution in [0.25, 0.3) is 33.6 Å². The molecule has 2 aromatic heterocycles. The van der Waals surface area contributed by atoms with Crippen LogP contribution in [0, 0.1) is 13.8 Å². The maximum absolute atomic E-state index is 6.18. The molecular formula is C24H25N5O2. The summed E-state index contributed by atoms with van der Waals surface area (Å²) in [5.74, 6) is 1.92. The lowest BCUT2D eigenvalue weighted by molar-refractivity contribution is 0.239. The average Bonchev–Trinajstić information content (AvgIpc) is 3.30. The van der Waals surface area contributed by atoms with Crippen molar-refractivity contribution in [2.24, 2.45) is 0 Å². The number of nitrogens with one attached hydrogen (secondary N) is 1. The lowest BCUT2D eigenvalue weighted by Crippen LogP contribution is -2.10. The van der Waals surface area contributed by atoms with Crippen LogP contribution >= 0.6 is 0 Å². The summed E-state index contributed by atoms with van der Waals surface area (Å²) in [7, 11) is 1.65. The minimum atomic E-state index is -0.00747. The predicted molar refractivity (Wildman–Crippen MR) is 120 cm³/mol. The van der Waals surface area contributed by atoms with Crippen LogP contribution in [-0.4, -0.2) is 38.8 Å². The Kier molecular flexibility index (Phi) is 5.66. The van der Waals surface area contributed by atoms with Gasteiger partial charge in [-0.1, -0.05) is 42.5 Å². The number of pyridine rings is 1. The van der Waals surface area contributed by atoms with Gasteiger partial charge in [0.05, 0.1) is 30.2 Å². The first-order chi connectivity index (χ1) is 15.0. The van der Waals surface area contributed by atoms with Gasteiger partial charge in [0.15, 0.2) is 11.5 Å². The van der Waals surface area contributed by atoms with E-state index in [0.29, 0.717) is 17.3 Å². The molecule has 0 atom stereocenters. The second kappa shape index (κ2) is 8.55. The van der Waals surface area contributed by atoms with Crippen molar-refractivity contribution in [3.05, 3.63) is 59.9 Å². The first kappa shape index (κ1) is 20.5. The lowest BCUT2D eigenvalue weighted by atomic mass is 9.93. The number of ether oxygens (including phenoxy) is 2. The van der Waals surface area contributed by atoms with Crippen LogP contribution in [0.3, 0.4) is 0 Å². The summed E-state index contributed by atoms with van der Waals surface area (Å²) in [6.07, 6.45) is -0.00747. The van der Waals surface area contributed by atoms with Gasteiger partial charge in [-0.05, 0) is 55.7 Å². The Hall–Kier alpha value is -3.74. The number of aryl methyl sites for hydroxylation is 2. The molecule has 31 heavy (non-hydrogen) atoms. The zero-order valence-corrected chi connectivity index (χ0v) is 18.3. The van der Waals surface area contributed by atoms with E-state index in [2.05, 4.69) is 55.9 Å². The quantitative estimate of drug-likeness (QED) is 0.476. The molecule has 0 spiro atoms. The Morgan fingerprint density at radius 3 is 2.26 bits per heavy atom. The van der Waals surface area contributed by atoms with Gasteiger partial charge >= 0.3 is 0 Å². The fraction of sp³-hybridized carbons (Fsp3) is 0.250. The number of hydrogen-bond donors (Lipinski definition) is 1. The Bertz CT molecular complexity index is 1190. The molecule has 0 saturated heterocycles. The number of benzene rings is 2. The summed E-state index contributed by atoms with van der Waals surface area (Å²) in [6, 6.07) is 16.3. The Morgan fingerprint density at radius 2 is 1.61 bits per heavy atom. The standard InChI is InChI=1S/C24H25N5O2/c1-14(2)31-23-16(4)25-15(3)22(30-5)21(23)18-11-12-19(17-9-7-6-8-10-17)20(13-18)24-26-28-29-27-24/h6-14H,1-5H3,(H,26,27,28,29). The summed E-state index contributed by atoms with van der Waals surface area (Å²) < 4.78 is 11.9. The van der Waals surface area contributed by atoms with E-state index in [0.717, 1.165) is 39.2 Å². The largest absolute Gasteiger partial charge is 0.494 e. The van der Waals surface area contributed by atoms with Crippen LogP contribution in [0.5, 0.6) is 11.5 Å². The van der Waals surface area contributed by atoms with E-state index >= 15 is 0 Å². The lowest BCUT2D eigenvalue weighted by Gasteiger charge is -2.21. The third kappa shape index (κ3) is 3.99. The van der Waals surface area contributed by atoms with Crippen LogP contribution in [0.1, 0.15) is 25.2 Å². The molecule has 0 bridgehead atoms. The summed E-state index contributed by atoms with van der Waals surface area (Å²) in [4.78, 5) is 4.63. The van der Waals surface area contributed by atoms with Gasteiger partial charge in [0.2, 0.25) is 5.82 Å². The third-order valence-electron chi connectivity index (χ3n) is 4.98. The molecule has 0 aliphatic carbocycles.